The van der Waals surface area contributed by atoms with Crippen molar-refractivity contribution in [3.05, 3.63) is 71.0 Å². The van der Waals surface area contributed by atoms with Crippen molar-refractivity contribution in [2.75, 3.05) is 7.11 Å². The Bertz CT molecular complexity index is 1070. The van der Waals surface area contributed by atoms with Crippen LogP contribution >= 0.6 is 15.9 Å². The molecule has 0 aliphatic heterocycles. The largest absolute Gasteiger partial charge is 0.496 e. The molecule has 4 aromatic rings. The number of halogens is 1. The Morgan fingerprint density at radius 1 is 1.04 bits per heavy atom. The van der Waals surface area contributed by atoms with Gasteiger partial charge in [0.2, 0.25) is 0 Å². The van der Waals surface area contributed by atoms with Gasteiger partial charge in [-0.1, -0.05) is 47.1 Å². The Morgan fingerprint density at radius 2 is 1.81 bits per heavy atom. The minimum Gasteiger partial charge on any atom is -0.496 e. The van der Waals surface area contributed by atoms with Crippen molar-refractivity contribution in [1.82, 2.24) is 14.6 Å². The van der Waals surface area contributed by atoms with E-state index in [4.69, 9.17) is 9.84 Å². The highest BCUT2D eigenvalue weighted by Gasteiger charge is 2.18. The van der Waals surface area contributed by atoms with E-state index in [2.05, 4.69) is 40.0 Å². The summed E-state index contributed by atoms with van der Waals surface area (Å²) in [5.74, 6) is 0.818. The molecule has 0 bridgehead atoms. The second kappa shape index (κ2) is 6.92. The van der Waals surface area contributed by atoms with Crippen LogP contribution in [0, 0.1) is 0 Å². The molecule has 4 rings (SSSR count). The lowest BCUT2D eigenvalue weighted by atomic mass is 10.0. The number of nitrogens with zero attached hydrogens (tertiary/aromatic N) is 3. The fourth-order valence-corrected chi connectivity index (χ4v) is 3.47. The topological polar surface area (TPSA) is 39.4 Å². The number of fused-ring (bicyclic) bond motifs is 1. The molecule has 2 aromatic heterocycles. The van der Waals surface area contributed by atoms with Gasteiger partial charge >= 0.3 is 0 Å². The van der Waals surface area contributed by atoms with E-state index >= 15 is 0 Å². The average Bonchev–Trinajstić information content (AvgIpc) is 3.07. The predicted octanol–water partition coefficient (Wildman–Crippen LogP) is 5.40. The van der Waals surface area contributed by atoms with Crippen LogP contribution in [0.1, 0.15) is 12.6 Å². The maximum absolute atomic E-state index is 5.54. The number of hydrogen-bond acceptors (Lipinski definition) is 3. The molecular formula is C21H18BrN3O. The van der Waals surface area contributed by atoms with E-state index < -0.39 is 0 Å². The van der Waals surface area contributed by atoms with Gasteiger partial charge in [-0.3, -0.25) is 0 Å². The standard InChI is InChI=1S/C21H18BrN3O/c1-3-17-20(14-8-10-15(22)11-9-14)21-23-13-12-18(25(21)24-17)16-6-4-5-7-19(16)26-2/h4-13H,3H2,1-2H3. The van der Waals surface area contributed by atoms with Crippen molar-refractivity contribution in [2.24, 2.45) is 0 Å². The molecule has 0 fully saturated rings. The Labute approximate surface area is 160 Å². The first kappa shape index (κ1) is 16.8. The third-order valence-corrected chi connectivity index (χ3v) is 4.97. The first-order valence-corrected chi connectivity index (χ1v) is 9.28. The number of para-hydroxylation sites is 1. The van der Waals surface area contributed by atoms with Crippen molar-refractivity contribution in [1.29, 1.82) is 0 Å². The minimum atomic E-state index is 0.818. The van der Waals surface area contributed by atoms with Crippen LogP contribution in [0.5, 0.6) is 5.75 Å². The molecule has 2 heterocycles. The summed E-state index contributed by atoms with van der Waals surface area (Å²) in [6.07, 6.45) is 2.67. The molecule has 130 valence electrons. The normalized spacial score (nSPS) is 11.0. The molecule has 0 amide bonds. The fourth-order valence-electron chi connectivity index (χ4n) is 3.21. The molecule has 2 aromatic carbocycles. The van der Waals surface area contributed by atoms with Crippen LogP contribution < -0.4 is 4.74 Å². The minimum absolute atomic E-state index is 0.818. The van der Waals surface area contributed by atoms with Crippen LogP contribution in [-0.4, -0.2) is 21.7 Å². The first-order chi connectivity index (χ1) is 12.7. The molecular weight excluding hydrogens is 390 g/mol. The van der Waals surface area contributed by atoms with Gasteiger partial charge in [0, 0.05) is 21.8 Å². The number of rotatable bonds is 4. The third kappa shape index (κ3) is 2.78. The van der Waals surface area contributed by atoms with Crippen molar-refractivity contribution >= 4 is 21.6 Å². The lowest BCUT2D eigenvalue weighted by Gasteiger charge is -2.09. The predicted molar refractivity (Wildman–Crippen MR) is 107 cm³/mol. The van der Waals surface area contributed by atoms with Crippen LogP contribution in [0.15, 0.2) is 65.3 Å². The Hall–Kier alpha value is -2.66. The average molecular weight is 408 g/mol. The summed E-state index contributed by atoms with van der Waals surface area (Å²) in [4.78, 5) is 4.64. The molecule has 0 aliphatic rings. The zero-order valence-corrected chi connectivity index (χ0v) is 16.2. The Morgan fingerprint density at radius 3 is 2.54 bits per heavy atom. The fraction of sp³-hybridized carbons (Fsp3) is 0.143. The SMILES string of the molecule is CCc1nn2c(-c3ccccc3OC)ccnc2c1-c1ccc(Br)cc1. The van der Waals surface area contributed by atoms with Crippen LogP contribution in [0.4, 0.5) is 0 Å². The Balaban J connectivity index is 2.00. The van der Waals surface area contributed by atoms with Gasteiger partial charge in [-0.05, 0) is 42.3 Å². The van der Waals surface area contributed by atoms with Gasteiger partial charge < -0.3 is 4.74 Å². The molecule has 0 radical (unpaired) electrons. The van der Waals surface area contributed by atoms with Crippen molar-refractivity contribution in [2.45, 2.75) is 13.3 Å². The molecule has 0 saturated carbocycles. The maximum Gasteiger partial charge on any atom is 0.163 e. The molecule has 5 heteroatoms. The van der Waals surface area contributed by atoms with E-state index in [1.807, 2.05) is 53.2 Å². The number of aromatic nitrogens is 3. The van der Waals surface area contributed by atoms with Crippen LogP contribution in [0.3, 0.4) is 0 Å². The monoisotopic (exact) mass is 407 g/mol. The lowest BCUT2D eigenvalue weighted by molar-refractivity contribution is 0.416. The van der Waals surface area contributed by atoms with Gasteiger partial charge in [0.1, 0.15) is 5.75 Å². The third-order valence-electron chi connectivity index (χ3n) is 4.44. The number of hydrogen-bond donors (Lipinski definition) is 0. The summed E-state index contributed by atoms with van der Waals surface area (Å²) in [5.41, 5.74) is 6.04. The summed E-state index contributed by atoms with van der Waals surface area (Å²) in [5, 5.41) is 4.87. The van der Waals surface area contributed by atoms with Crippen LogP contribution in [-0.2, 0) is 6.42 Å². The number of benzene rings is 2. The number of methoxy groups -OCH3 is 1. The van der Waals surface area contributed by atoms with Gasteiger partial charge in [0.15, 0.2) is 5.65 Å². The maximum atomic E-state index is 5.54. The molecule has 0 atom stereocenters. The first-order valence-electron chi connectivity index (χ1n) is 8.49. The molecule has 0 saturated heterocycles. The number of ether oxygens (including phenoxy) is 1. The van der Waals surface area contributed by atoms with Crippen molar-refractivity contribution in [3.8, 4) is 28.1 Å². The molecule has 26 heavy (non-hydrogen) atoms. The smallest absolute Gasteiger partial charge is 0.163 e. The zero-order valence-electron chi connectivity index (χ0n) is 14.6. The molecule has 4 nitrogen and oxygen atoms in total. The van der Waals surface area contributed by atoms with Gasteiger partial charge in [-0.15, -0.1) is 0 Å². The van der Waals surface area contributed by atoms with E-state index in [0.29, 0.717) is 0 Å². The van der Waals surface area contributed by atoms with E-state index in [0.717, 1.165) is 50.4 Å². The number of aryl methyl sites for hydroxylation is 1. The molecule has 0 unspecified atom stereocenters. The molecule has 0 N–H and O–H groups in total. The second-order valence-electron chi connectivity index (χ2n) is 5.95. The summed E-state index contributed by atoms with van der Waals surface area (Å²) in [6, 6.07) is 18.2. The van der Waals surface area contributed by atoms with E-state index in [9.17, 15) is 0 Å². The molecule has 0 aliphatic carbocycles. The van der Waals surface area contributed by atoms with Crippen molar-refractivity contribution in [3.63, 3.8) is 0 Å². The molecule has 0 spiro atoms. The summed E-state index contributed by atoms with van der Waals surface area (Å²) < 4.78 is 8.52. The quantitative estimate of drug-likeness (QED) is 0.454. The van der Waals surface area contributed by atoms with Gasteiger partial charge in [0.05, 0.1) is 18.5 Å². The van der Waals surface area contributed by atoms with Crippen LogP contribution in [0.25, 0.3) is 28.0 Å². The summed E-state index contributed by atoms with van der Waals surface area (Å²) >= 11 is 3.50. The zero-order chi connectivity index (χ0) is 18.1. The highest BCUT2D eigenvalue weighted by molar-refractivity contribution is 9.10. The highest BCUT2D eigenvalue weighted by Crippen LogP contribution is 2.34. The Kier molecular flexibility index (Phi) is 4.47. The van der Waals surface area contributed by atoms with Gasteiger partial charge in [-0.25, -0.2) is 9.50 Å². The van der Waals surface area contributed by atoms with Crippen LogP contribution in [0.2, 0.25) is 0 Å². The van der Waals surface area contributed by atoms with E-state index in [1.54, 1.807) is 7.11 Å². The summed E-state index contributed by atoms with van der Waals surface area (Å²) in [7, 11) is 1.69. The van der Waals surface area contributed by atoms with E-state index in [-0.39, 0.29) is 0 Å². The second-order valence-corrected chi connectivity index (χ2v) is 6.86. The van der Waals surface area contributed by atoms with Gasteiger partial charge in [-0.2, -0.15) is 5.10 Å². The summed E-state index contributed by atoms with van der Waals surface area (Å²) in [6.45, 7) is 2.12. The van der Waals surface area contributed by atoms with E-state index in [1.165, 1.54) is 0 Å². The van der Waals surface area contributed by atoms with Crippen molar-refractivity contribution < 1.29 is 4.74 Å². The lowest BCUT2D eigenvalue weighted by Crippen LogP contribution is -1.98. The van der Waals surface area contributed by atoms with Gasteiger partial charge in [0.25, 0.3) is 0 Å². The highest BCUT2D eigenvalue weighted by atomic mass is 79.9.